The molecule has 1 amide bonds. The Morgan fingerprint density at radius 1 is 1.14 bits per heavy atom. The summed E-state index contributed by atoms with van der Waals surface area (Å²) in [5.74, 6) is 0.266. The maximum Gasteiger partial charge on any atom is 0.266 e. The van der Waals surface area contributed by atoms with Crippen LogP contribution >= 0.6 is 23.2 Å². The molecular weight excluding hydrogens is 401 g/mol. The van der Waals surface area contributed by atoms with E-state index in [9.17, 15) is 10.1 Å². The zero-order valence-corrected chi connectivity index (χ0v) is 16.3. The van der Waals surface area contributed by atoms with E-state index in [4.69, 9.17) is 37.9 Å². The molecule has 6 nitrogen and oxygen atoms in total. The number of hydrogen-bond donors (Lipinski definition) is 1. The third-order valence-corrected chi connectivity index (χ3v) is 3.96. The summed E-state index contributed by atoms with van der Waals surface area (Å²) >= 11 is 12.2. The zero-order chi connectivity index (χ0) is 20.5. The number of anilines is 1. The van der Waals surface area contributed by atoms with Crippen LogP contribution in [0.5, 0.6) is 11.5 Å². The van der Waals surface area contributed by atoms with Gasteiger partial charge in [-0.2, -0.15) is 10.5 Å². The summed E-state index contributed by atoms with van der Waals surface area (Å²) in [5.41, 5.74) is 0.829. The van der Waals surface area contributed by atoms with Gasteiger partial charge in [-0.25, -0.2) is 0 Å². The highest BCUT2D eigenvalue weighted by Gasteiger charge is 2.13. The monoisotopic (exact) mass is 415 g/mol. The van der Waals surface area contributed by atoms with Crippen molar-refractivity contribution in [1.82, 2.24) is 0 Å². The third kappa shape index (κ3) is 5.65. The van der Waals surface area contributed by atoms with Gasteiger partial charge in [-0.05, 0) is 55.0 Å². The molecule has 2 aromatic rings. The highest BCUT2D eigenvalue weighted by Crippen LogP contribution is 2.34. The van der Waals surface area contributed by atoms with Crippen molar-refractivity contribution in [2.45, 2.75) is 6.92 Å². The molecule has 0 saturated carbocycles. The first kappa shape index (κ1) is 21.1. The number of amides is 1. The standard InChI is InChI=1S/C20H15Cl2N3O3/c1-2-27-16-5-3-15(4-6-16)25-20(26)14(12-24)9-13-10-17(21)19(18(22)11-13)28-8-7-23/h3-6,9-11H,2,8H2,1H3,(H,25,26)/b14-9-. The van der Waals surface area contributed by atoms with Crippen LogP contribution in [0.25, 0.3) is 6.08 Å². The molecule has 0 aliphatic carbocycles. The first-order valence-corrected chi connectivity index (χ1v) is 8.88. The van der Waals surface area contributed by atoms with Gasteiger partial charge in [-0.15, -0.1) is 0 Å². The molecule has 0 aromatic heterocycles. The highest BCUT2D eigenvalue weighted by molar-refractivity contribution is 6.37. The molecule has 0 heterocycles. The third-order valence-electron chi connectivity index (χ3n) is 3.40. The van der Waals surface area contributed by atoms with Gasteiger partial charge >= 0.3 is 0 Å². The first-order chi connectivity index (χ1) is 13.5. The SMILES string of the molecule is CCOc1ccc(NC(=O)/C(C#N)=C\c2cc(Cl)c(OCC#N)c(Cl)c2)cc1. The van der Waals surface area contributed by atoms with Crippen LogP contribution in [0.1, 0.15) is 12.5 Å². The summed E-state index contributed by atoms with van der Waals surface area (Å²) in [5, 5.41) is 20.9. The number of carbonyl (C=O) groups is 1. The number of nitriles is 2. The Hall–Kier alpha value is -3.19. The fraction of sp³-hybridized carbons (Fsp3) is 0.150. The van der Waals surface area contributed by atoms with Crippen LogP contribution < -0.4 is 14.8 Å². The Bertz CT molecular complexity index is 951. The van der Waals surface area contributed by atoms with Gasteiger partial charge in [-0.3, -0.25) is 4.79 Å². The summed E-state index contributed by atoms with van der Waals surface area (Å²) < 4.78 is 10.5. The molecule has 0 unspecified atom stereocenters. The van der Waals surface area contributed by atoms with Crippen LogP contribution in [0.15, 0.2) is 42.0 Å². The smallest absolute Gasteiger partial charge is 0.266 e. The lowest BCUT2D eigenvalue weighted by atomic mass is 10.1. The molecule has 2 rings (SSSR count). The molecule has 28 heavy (non-hydrogen) atoms. The molecule has 0 atom stereocenters. The molecule has 1 N–H and O–H groups in total. The van der Waals surface area contributed by atoms with Gasteiger partial charge in [0.05, 0.1) is 16.7 Å². The average Bonchev–Trinajstić information content (AvgIpc) is 2.67. The molecule has 2 aromatic carbocycles. The average molecular weight is 416 g/mol. The van der Waals surface area contributed by atoms with Gasteiger partial charge in [0.2, 0.25) is 0 Å². The Kier molecular flexibility index (Phi) is 7.71. The number of hydrogen-bond acceptors (Lipinski definition) is 5. The van der Waals surface area contributed by atoms with Gasteiger partial charge < -0.3 is 14.8 Å². The van der Waals surface area contributed by atoms with Crippen LogP contribution in [0.2, 0.25) is 10.0 Å². The van der Waals surface area contributed by atoms with Crippen LogP contribution in [0, 0.1) is 22.7 Å². The Balaban J connectivity index is 2.19. The second-order valence-electron chi connectivity index (χ2n) is 5.34. The van der Waals surface area contributed by atoms with Gasteiger partial charge in [-0.1, -0.05) is 23.2 Å². The molecule has 142 valence electrons. The maximum absolute atomic E-state index is 12.4. The summed E-state index contributed by atoms with van der Waals surface area (Å²) in [7, 11) is 0. The number of carbonyl (C=O) groups excluding carboxylic acids is 1. The largest absolute Gasteiger partial charge is 0.494 e. The van der Waals surface area contributed by atoms with Crippen molar-refractivity contribution in [3.05, 3.63) is 57.6 Å². The van der Waals surface area contributed by atoms with Crippen LogP contribution in [0.3, 0.4) is 0 Å². The number of benzene rings is 2. The van der Waals surface area contributed by atoms with E-state index in [0.717, 1.165) is 0 Å². The van der Waals surface area contributed by atoms with Crippen LogP contribution in [-0.2, 0) is 4.79 Å². The summed E-state index contributed by atoms with van der Waals surface area (Å²) in [6.07, 6.45) is 1.36. The predicted molar refractivity (Wildman–Crippen MR) is 107 cm³/mol. The molecule has 0 saturated heterocycles. The molecule has 8 heteroatoms. The van der Waals surface area contributed by atoms with E-state index in [2.05, 4.69) is 5.32 Å². The van der Waals surface area contributed by atoms with Gasteiger partial charge in [0.25, 0.3) is 5.91 Å². The van der Waals surface area contributed by atoms with Crippen molar-refractivity contribution < 1.29 is 14.3 Å². The molecule has 0 aliphatic rings. The van der Waals surface area contributed by atoms with E-state index in [1.54, 1.807) is 24.3 Å². The molecule has 0 radical (unpaired) electrons. The molecule has 0 spiro atoms. The number of ether oxygens (including phenoxy) is 2. The summed E-state index contributed by atoms with van der Waals surface area (Å²) in [6.45, 7) is 2.21. The summed E-state index contributed by atoms with van der Waals surface area (Å²) in [4.78, 5) is 12.4. The number of halogens is 2. The van der Waals surface area contributed by atoms with E-state index in [1.165, 1.54) is 18.2 Å². The number of rotatable bonds is 7. The Morgan fingerprint density at radius 3 is 2.32 bits per heavy atom. The van der Waals surface area contributed by atoms with Gasteiger partial charge in [0.1, 0.15) is 23.5 Å². The van der Waals surface area contributed by atoms with Crippen LogP contribution in [-0.4, -0.2) is 19.1 Å². The first-order valence-electron chi connectivity index (χ1n) is 8.13. The lowest BCUT2D eigenvalue weighted by molar-refractivity contribution is -0.112. The van der Waals surface area contributed by atoms with Gasteiger partial charge in [0.15, 0.2) is 12.4 Å². The Labute approximate surface area is 172 Å². The Morgan fingerprint density at radius 2 is 1.79 bits per heavy atom. The fourth-order valence-corrected chi connectivity index (χ4v) is 2.83. The lowest BCUT2D eigenvalue weighted by Gasteiger charge is -2.09. The molecule has 0 bridgehead atoms. The summed E-state index contributed by atoms with van der Waals surface area (Å²) in [6, 6.07) is 13.4. The van der Waals surface area contributed by atoms with E-state index >= 15 is 0 Å². The maximum atomic E-state index is 12.4. The molecule has 0 fully saturated rings. The van der Waals surface area contributed by atoms with Crippen molar-refractivity contribution in [1.29, 1.82) is 10.5 Å². The second-order valence-corrected chi connectivity index (χ2v) is 6.16. The second kappa shape index (κ2) is 10.2. The van der Waals surface area contributed by atoms with Crippen molar-refractivity contribution in [2.75, 3.05) is 18.5 Å². The quantitative estimate of drug-likeness (QED) is 0.515. The minimum Gasteiger partial charge on any atom is -0.494 e. The zero-order valence-electron chi connectivity index (χ0n) is 14.8. The van der Waals surface area contributed by atoms with Gasteiger partial charge in [0, 0.05) is 5.69 Å². The van der Waals surface area contributed by atoms with Crippen molar-refractivity contribution in [3.8, 4) is 23.6 Å². The topological polar surface area (TPSA) is 95.1 Å². The van der Waals surface area contributed by atoms with E-state index in [-0.39, 0.29) is 28.0 Å². The minimum absolute atomic E-state index is 0.133. The molecular formula is C20H15Cl2N3O3. The fourth-order valence-electron chi connectivity index (χ4n) is 2.22. The number of nitrogens with zero attached hydrogens (tertiary/aromatic N) is 2. The normalized spacial score (nSPS) is 10.5. The van der Waals surface area contributed by atoms with Crippen molar-refractivity contribution >= 4 is 40.9 Å². The van der Waals surface area contributed by atoms with E-state index < -0.39 is 5.91 Å². The van der Waals surface area contributed by atoms with Crippen LogP contribution in [0.4, 0.5) is 5.69 Å². The van der Waals surface area contributed by atoms with Crippen molar-refractivity contribution in [3.63, 3.8) is 0 Å². The minimum atomic E-state index is -0.580. The van der Waals surface area contributed by atoms with Crippen molar-refractivity contribution in [2.24, 2.45) is 0 Å². The van der Waals surface area contributed by atoms with E-state index in [0.29, 0.717) is 23.6 Å². The van der Waals surface area contributed by atoms with E-state index in [1.807, 2.05) is 19.1 Å². The predicted octanol–water partition coefficient (Wildman–Crippen LogP) is 4.84. The molecule has 0 aliphatic heterocycles. The number of nitrogens with one attached hydrogen (secondary N) is 1. The highest BCUT2D eigenvalue weighted by atomic mass is 35.5. The lowest BCUT2D eigenvalue weighted by Crippen LogP contribution is -2.13.